The molecule has 2 unspecified atom stereocenters. The number of esters is 1. The van der Waals surface area contributed by atoms with Gasteiger partial charge in [-0.1, -0.05) is 0 Å². The van der Waals surface area contributed by atoms with Crippen molar-refractivity contribution in [2.75, 3.05) is 24.6 Å². The van der Waals surface area contributed by atoms with E-state index < -0.39 is 5.97 Å². The van der Waals surface area contributed by atoms with Gasteiger partial charge >= 0.3 is 5.97 Å². The van der Waals surface area contributed by atoms with Crippen LogP contribution in [0.4, 0.5) is 5.95 Å². The number of fused-ring (bicyclic) bond motifs is 1. The Labute approximate surface area is 110 Å². The summed E-state index contributed by atoms with van der Waals surface area (Å²) in [6.45, 7) is 3.75. The minimum absolute atomic E-state index is 0.232. The summed E-state index contributed by atoms with van der Waals surface area (Å²) in [5, 5.41) is 0. The molecule has 1 aliphatic heterocycles. The van der Waals surface area contributed by atoms with Gasteiger partial charge in [-0.15, -0.1) is 0 Å². The van der Waals surface area contributed by atoms with Crippen LogP contribution in [0.15, 0.2) is 12.4 Å². The minimum Gasteiger partial charge on any atom is -0.462 e. The summed E-state index contributed by atoms with van der Waals surface area (Å²) in [7, 11) is 0. The quantitative estimate of drug-likeness (QED) is 0.581. The summed E-state index contributed by atoms with van der Waals surface area (Å²) < 4.78 is 4.87. The van der Waals surface area contributed by atoms with Crippen LogP contribution in [0.25, 0.3) is 0 Å². The number of nitrogens with zero attached hydrogens (tertiary/aromatic N) is 3. The molecule has 2 atom stereocenters. The van der Waals surface area contributed by atoms with Crippen LogP contribution in [0.2, 0.25) is 0 Å². The normalized spacial score (nSPS) is 27.8. The monoisotopic (exact) mass is 261 g/mol. The summed E-state index contributed by atoms with van der Waals surface area (Å²) in [6, 6.07) is 0. The van der Waals surface area contributed by atoms with Crippen molar-refractivity contribution in [1.29, 1.82) is 0 Å². The first-order valence-corrected chi connectivity index (χ1v) is 6.44. The predicted molar refractivity (Wildman–Crippen MR) is 66.7 cm³/mol. The highest BCUT2D eigenvalue weighted by Crippen LogP contribution is 2.50. The fraction of sp³-hybridized carbons (Fsp3) is 0.538. The number of ether oxygens (including phenoxy) is 1. The van der Waals surface area contributed by atoms with Gasteiger partial charge in [0, 0.05) is 31.4 Å². The maximum absolute atomic E-state index is 11.5. The molecule has 2 aliphatic rings. The minimum atomic E-state index is -0.403. The second-order valence-electron chi connectivity index (χ2n) is 4.94. The first-order valence-electron chi connectivity index (χ1n) is 6.44. The Morgan fingerprint density at radius 1 is 1.42 bits per heavy atom. The van der Waals surface area contributed by atoms with E-state index in [-0.39, 0.29) is 5.92 Å². The van der Waals surface area contributed by atoms with Crippen LogP contribution in [-0.4, -0.2) is 41.9 Å². The standard InChI is InChI=1S/C13H15N3O3/c1-2-19-12(18)8-3-14-13(15-4-8)16-5-9-10(6-16)11(9)7-17/h3-4,7,9-11H,2,5-6H2,1H3. The van der Waals surface area contributed by atoms with E-state index >= 15 is 0 Å². The number of hydrogen-bond acceptors (Lipinski definition) is 6. The van der Waals surface area contributed by atoms with Crippen molar-refractivity contribution in [2.45, 2.75) is 6.92 Å². The second kappa shape index (κ2) is 4.60. The predicted octanol–water partition coefficient (Wildman–Crippen LogP) is 0.534. The Morgan fingerprint density at radius 2 is 2.05 bits per heavy atom. The van der Waals surface area contributed by atoms with E-state index in [0.717, 1.165) is 19.4 Å². The van der Waals surface area contributed by atoms with Gasteiger partial charge in [0.25, 0.3) is 0 Å². The summed E-state index contributed by atoms with van der Waals surface area (Å²) in [5.74, 6) is 1.37. The molecule has 100 valence electrons. The number of anilines is 1. The van der Waals surface area contributed by atoms with Gasteiger partial charge in [0.1, 0.15) is 6.29 Å². The van der Waals surface area contributed by atoms with Crippen LogP contribution in [0.1, 0.15) is 17.3 Å². The molecule has 0 bridgehead atoms. The van der Waals surface area contributed by atoms with E-state index in [9.17, 15) is 9.59 Å². The zero-order valence-corrected chi connectivity index (χ0v) is 10.7. The van der Waals surface area contributed by atoms with Crippen molar-refractivity contribution in [3.05, 3.63) is 18.0 Å². The second-order valence-corrected chi connectivity index (χ2v) is 4.94. The number of rotatable bonds is 4. The highest BCUT2D eigenvalue weighted by molar-refractivity contribution is 5.88. The van der Waals surface area contributed by atoms with Crippen molar-refractivity contribution in [2.24, 2.45) is 17.8 Å². The van der Waals surface area contributed by atoms with E-state index in [0.29, 0.717) is 30.0 Å². The van der Waals surface area contributed by atoms with E-state index in [4.69, 9.17) is 4.74 Å². The molecule has 1 saturated heterocycles. The molecule has 0 N–H and O–H groups in total. The fourth-order valence-corrected chi connectivity index (χ4v) is 2.74. The molecule has 3 rings (SSSR count). The van der Waals surface area contributed by atoms with Gasteiger partial charge in [-0.25, -0.2) is 14.8 Å². The molecule has 6 nitrogen and oxygen atoms in total. The molecule has 6 heteroatoms. The Kier molecular flexibility index (Phi) is 2.93. The maximum atomic E-state index is 11.5. The molecule has 0 spiro atoms. The number of aromatic nitrogens is 2. The van der Waals surface area contributed by atoms with Gasteiger partial charge in [0.15, 0.2) is 0 Å². The number of hydrogen-bond donors (Lipinski definition) is 0. The van der Waals surface area contributed by atoms with Gasteiger partial charge in [0.05, 0.1) is 12.2 Å². The molecule has 1 aliphatic carbocycles. The molecule has 19 heavy (non-hydrogen) atoms. The van der Waals surface area contributed by atoms with Crippen molar-refractivity contribution in [1.82, 2.24) is 9.97 Å². The average molecular weight is 261 g/mol. The van der Waals surface area contributed by atoms with Crippen LogP contribution >= 0.6 is 0 Å². The number of carbonyl (C=O) groups excluding carboxylic acids is 2. The summed E-state index contributed by atoms with van der Waals surface area (Å²) in [5.41, 5.74) is 0.362. The lowest BCUT2D eigenvalue weighted by Crippen LogP contribution is -2.26. The Morgan fingerprint density at radius 3 is 2.58 bits per heavy atom. The number of piperidine rings is 1. The van der Waals surface area contributed by atoms with Crippen LogP contribution in [-0.2, 0) is 9.53 Å². The van der Waals surface area contributed by atoms with Crippen LogP contribution < -0.4 is 4.90 Å². The third-order valence-electron chi connectivity index (χ3n) is 3.85. The van der Waals surface area contributed by atoms with Gasteiger partial charge in [-0.3, -0.25) is 0 Å². The molecule has 0 amide bonds. The number of carbonyl (C=O) groups is 2. The van der Waals surface area contributed by atoms with E-state index in [2.05, 4.69) is 14.9 Å². The molecule has 1 aromatic rings. The van der Waals surface area contributed by atoms with Gasteiger partial charge in [0.2, 0.25) is 5.95 Å². The van der Waals surface area contributed by atoms with Crippen molar-refractivity contribution < 1.29 is 14.3 Å². The molecule has 1 aromatic heterocycles. The smallest absolute Gasteiger partial charge is 0.341 e. The molecular weight excluding hydrogens is 246 g/mol. The Bertz CT molecular complexity index is 490. The lowest BCUT2D eigenvalue weighted by Gasteiger charge is -2.18. The zero-order chi connectivity index (χ0) is 13.4. The molecule has 0 radical (unpaired) electrons. The lowest BCUT2D eigenvalue weighted by molar-refractivity contribution is -0.109. The van der Waals surface area contributed by atoms with E-state index in [1.165, 1.54) is 12.4 Å². The van der Waals surface area contributed by atoms with Crippen molar-refractivity contribution in [3.8, 4) is 0 Å². The fourth-order valence-electron chi connectivity index (χ4n) is 2.74. The highest BCUT2D eigenvalue weighted by atomic mass is 16.5. The van der Waals surface area contributed by atoms with Crippen molar-refractivity contribution >= 4 is 18.2 Å². The largest absolute Gasteiger partial charge is 0.462 e. The summed E-state index contributed by atoms with van der Waals surface area (Å²) in [4.78, 5) is 32.6. The van der Waals surface area contributed by atoms with Crippen LogP contribution in [0.3, 0.4) is 0 Å². The molecule has 1 saturated carbocycles. The zero-order valence-electron chi connectivity index (χ0n) is 10.7. The van der Waals surface area contributed by atoms with Gasteiger partial charge in [-0.05, 0) is 18.8 Å². The topological polar surface area (TPSA) is 72.4 Å². The molecular formula is C13H15N3O3. The van der Waals surface area contributed by atoms with E-state index in [1.807, 2.05) is 0 Å². The summed E-state index contributed by atoms with van der Waals surface area (Å²) in [6.07, 6.45) is 4.03. The van der Waals surface area contributed by atoms with Gasteiger partial charge in [-0.2, -0.15) is 0 Å². The first kappa shape index (κ1) is 12.1. The average Bonchev–Trinajstić information content (AvgIpc) is 2.91. The Hall–Kier alpha value is -1.98. The molecule has 0 aromatic carbocycles. The molecule has 2 fully saturated rings. The molecule has 2 heterocycles. The van der Waals surface area contributed by atoms with Crippen LogP contribution in [0, 0.1) is 17.8 Å². The van der Waals surface area contributed by atoms with Crippen molar-refractivity contribution in [3.63, 3.8) is 0 Å². The van der Waals surface area contributed by atoms with Crippen LogP contribution in [0.5, 0.6) is 0 Å². The lowest BCUT2D eigenvalue weighted by atomic mass is 10.3. The number of aldehydes is 1. The SMILES string of the molecule is CCOC(=O)c1cnc(N2CC3C(C=O)C3C2)nc1. The maximum Gasteiger partial charge on any atom is 0.341 e. The van der Waals surface area contributed by atoms with Gasteiger partial charge < -0.3 is 14.4 Å². The van der Waals surface area contributed by atoms with E-state index in [1.54, 1.807) is 6.92 Å². The Balaban J connectivity index is 1.64. The first-order chi connectivity index (χ1) is 9.24. The third kappa shape index (κ3) is 2.07. The highest BCUT2D eigenvalue weighted by Gasteiger charge is 2.56. The summed E-state index contributed by atoms with van der Waals surface area (Å²) >= 11 is 0. The third-order valence-corrected chi connectivity index (χ3v) is 3.85.